The van der Waals surface area contributed by atoms with E-state index in [2.05, 4.69) is 5.32 Å². The first-order valence-electron chi connectivity index (χ1n) is 3.87. The van der Waals surface area contributed by atoms with Crippen molar-refractivity contribution in [3.05, 3.63) is 11.3 Å². The van der Waals surface area contributed by atoms with Crippen molar-refractivity contribution in [2.75, 3.05) is 7.05 Å². The molecule has 1 aliphatic rings. The molecule has 0 aliphatic heterocycles. The van der Waals surface area contributed by atoms with Gasteiger partial charge in [0, 0.05) is 18.3 Å². The van der Waals surface area contributed by atoms with E-state index in [4.69, 9.17) is 5.73 Å². The molecule has 0 bridgehead atoms. The average molecular weight is 154 g/mol. The molecular weight excluding hydrogens is 140 g/mol. The summed E-state index contributed by atoms with van der Waals surface area (Å²) in [6, 6.07) is 0. The van der Waals surface area contributed by atoms with E-state index in [1.165, 1.54) is 0 Å². The van der Waals surface area contributed by atoms with Crippen LogP contribution in [0.3, 0.4) is 0 Å². The Morgan fingerprint density at radius 1 is 1.73 bits per heavy atom. The normalized spacial score (nSPS) is 24.0. The van der Waals surface area contributed by atoms with Gasteiger partial charge >= 0.3 is 0 Å². The Hall–Kier alpha value is -0.990. The molecule has 62 valence electrons. The van der Waals surface area contributed by atoms with Crippen molar-refractivity contribution in [1.29, 1.82) is 0 Å². The van der Waals surface area contributed by atoms with Crippen LogP contribution in [0.2, 0.25) is 0 Å². The summed E-state index contributed by atoms with van der Waals surface area (Å²) in [7, 11) is 1.63. The predicted octanol–water partition coefficient (Wildman–Crippen LogP) is 0.375. The third-order valence-electron chi connectivity index (χ3n) is 2.16. The molecule has 11 heavy (non-hydrogen) atoms. The molecule has 3 N–H and O–H groups in total. The number of amides is 1. The van der Waals surface area contributed by atoms with Crippen molar-refractivity contribution in [2.45, 2.75) is 19.8 Å². The molecule has 0 saturated heterocycles. The van der Waals surface area contributed by atoms with E-state index < -0.39 is 0 Å². The molecule has 0 unspecified atom stereocenters. The largest absolute Gasteiger partial charge is 0.402 e. The summed E-state index contributed by atoms with van der Waals surface area (Å²) in [5, 5.41) is 2.59. The average Bonchev–Trinajstić information content (AvgIpc) is 2.30. The van der Waals surface area contributed by atoms with Crippen molar-refractivity contribution in [3.8, 4) is 0 Å². The number of carbonyl (C=O) groups excluding carboxylic acids is 1. The Balaban J connectivity index is 2.83. The number of rotatable bonds is 1. The van der Waals surface area contributed by atoms with Gasteiger partial charge in [-0.2, -0.15) is 0 Å². The lowest BCUT2D eigenvalue weighted by atomic mass is 10.0. The molecule has 0 fully saturated rings. The molecule has 1 atom stereocenters. The van der Waals surface area contributed by atoms with Crippen LogP contribution in [-0.4, -0.2) is 13.0 Å². The summed E-state index contributed by atoms with van der Waals surface area (Å²) in [4.78, 5) is 11.2. The fourth-order valence-electron chi connectivity index (χ4n) is 1.47. The maximum Gasteiger partial charge on any atom is 0.248 e. The lowest BCUT2D eigenvalue weighted by Gasteiger charge is -2.06. The SMILES string of the molecule is CNC(=O)C1=C(N)CC[C@H]1C. The molecular formula is C8H14N2O. The zero-order valence-electron chi connectivity index (χ0n) is 6.98. The van der Waals surface area contributed by atoms with Gasteiger partial charge < -0.3 is 11.1 Å². The van der Waals surface area contributed by atoms with Crippen molar-refractivity contribution in [2.24, 2.45) is 11.7 Å². The number of carbonyl (C=O) groups is 1. The second-order valence-electron chi connectivity index (χ2n) is 2.96. The Labute approximate surface area is 66.6 Å². The fraction of sp³-hybridized carbons (Fsp3) is 0.625. The molecule has 0 radical (unpaired) electrons. The summed E-state index contributed by atoms with van der Waals surface area (Å²) in [5.74, 6) is 0.308. The molecule has 3 nitrogen and oxygen atoms in total. The smallest absolute Gasteiger partial charge is 0.248 e. The maximum atomic E-state index is 11.2. The number of allylic oxidation sites excluding steroid dienone is 1. The first-order chi connectivity index (χ1) is 5.16. The third-order valence-corrected chi connectivity index (χ3v) is 2.16. The van der Waals surface area contributed by atoms with Crippen LogP contribution >= 0.6 is 0 Å². The Morgan fingerprint density at radius 2 is 2.36 bits per heavy atom. The number of nitrogens with two attached hydrogens (primary N) is 1. The molecule has 1 rings (SSSR count). The summed E-state index contributed by atoms with van der Waals surface area (Å²) in [6.45, 7) is 2.03. The van der Waals surface area contributed by atoms with Gasteiger partial charge in [-0.1, -0.05) is 6.92 Å². The highest BCUT2D eigenvalue weighted by Crippen LogP contribution is 2.28. The lowest BCUT2D eigenvalue weighted by molar-refractivity contribution is -0.117. The quantitative estimate of drug-likeness (QED) is 0.573. The molecule has 3 heteroatoms. The number of likely N-dealkylation sites (N-methyl/N-ethyl adjacent to an activating group) is 1. The van der Waals surface area contributed by atoms with Crippen LogP contribution in [0.4, 0.5) is 0 Å². The van der Waals surface area contributed by atoms with E-state index in [1.807, 2.05) is 6.92 Å². The molecule has 1 aliphatic carbocycles. The minimum absolute atomic E-state index is 0.0208. The molecule has 0 saturated carbocycles. The summed E-state index contributed by atoms with van der Waals surface area (Å²) in [6.07, 6.45) is 1.87. The lowest BCUT2D eigenvalue weighted by Crippen LogP contribution is -2.23. The topological polar surface area (TPSA) is 55.1 Å². The third kappa shape index (κ3) is 1.37. The van der Waals surface area contributed by atoms with Gasteiger partial charge in [-0.3, -0.25) is 4.79 Å². The Kier molecular flexibility index (Phi) is 2.17. The van der Waals surface area contributed by atoms with Gasteiger partial charge in [0.1, 0.15) is 0 Å². The van der Waals surface area contributed by atoms with Crippen LogP contribution < -0.4 is 11.1 Å². The molecule has 1 amide bonds. The number of hydrogen-bond donors (Lipinski definition) is 2. The highest BCUT2D eigenvalue weighted by Gasteiger charge is 2.24. The molecule has 0 aromatic heterocycles. The van der Waals surface area contributed by atoms with Crippen LogP contribution in [0.15, 0.2) is 11.3 Å². The van der Waals surface area contributed by atoms with Crippen LogP contribution in [0.5, 0.6) is 0 Å². The van der Waals surface area contributed by atoms with Gasteiger partial charge in [-0.05, 0) is 18.8 Å². The van der Waals surface area contributed by atoms with Gasteiger partial charge in [0.25, 0.3) is 0 Å². The monoisotopic (exact) mass is 154 g/mol. The van der Waals surface area contributed by atoms with E-state index in [0.717, 1.165) is 24.1 Å². The zero-order valence-corrected chi connectivity index (χ0v) is 6.98. The van der Waals surface area contributed by atoms with Crippen LogP contribution in [0, 0.1) is 5.92 Å². The number of nitrogens with one attached hydrogen (secondary N) is 1. The van der Waals surface area contributed by atoms with Crippen molar-refractivity contribution < 1.29 is 4.79 Å². The van der Waals surface area contributed by atoms with E-state index in [-0.39, 0.29) is 5.91 Å². The molecule has 0 aromatic carbocycles. The zero-order chi connectivity index (χ0) is 8.43. The van der Waals surface area contributed by atoms with Crippen molar-refractivity contribution in [1.82, 2.24) is 5.32 Å². The molecule has 0 aromatic rings. The highest BCUT2D eigenvalue weighted by atomic mass is 16.1. The summed E-state index contributed by atoms with van der Waals surface area (Å²) in [5.41, 5.74) is 7.21. The number of hydrogen-bond acceptors (Lipinski definition) is 2. The van der Waals surface area contributed by atoms with Crippen LogP contribution in [-0.2, 0) is 4.79 Å². The summed E-state index contributed by atoms with van der Waals surface area (Å²) >= 11 is 0. The van der Waals surface area contributed by atoms with Crippen molar-refractivity contribution in [3.63, 3.8) is 0 Å². The van der Waals surface area contributed by atoms with Crippen LogP contribution in [0.1, 0.15) is 19.8 Å². The molecule has 0 spiro atoms. The second kappa shape index (κ2) is 2.95. The van der Waals surface area contributed by atoms with E-state index in [9.17, 15) is 4.79 Å². The fourth-order valence-corrected chi connectivity index (χ4v) is 1.47. The molecule has 0 heterocycles. The Morgan fingerprint density at radius 3 is 2.73 bits per heavy atom. The van der Waals surface area contributed by atoms with Crippen molar-refractivity contribution >= 4 is 5.91 Å². The second-order valence-corrected chi connectivity index (χ2v) is 2.96. The summed E-state index contributed by atoms with van der Waals surface area (Å²) < 4.78 is 0. The van der Waals surface area contributed by atoms with Gasteiger partial charge in [0.15, 0.2) is 0 Å². The minimum atomic E-state index is -0.0208. The van der Waals surface area contributed by atoms with Gasteiger partial charge in [-0.25, -0.2) is 0 Å². The van der Waals surface area contributed by atoms with Gasteiger partial charge in [0.05, 0.1) is 0 Å². The first-order valence-corrected chi connectivity index (χ1v) is 3.87. The van der Waals surface area contributed by atoms with Gasteiger partial charge in [0.2, 0.25) is 5.91 Å². The van der Waals surface area contributed by atoms with E-state index >= 15 is 0 Å². The highest BCUT2D eigenvalue weighted by molar-refractivity contribution is 5.94. The Bertz CT molecular complexity index is 208. The minimum Gasteiger partial charge on any atom is -0.402 e. The van der Waals surface area contributed by atoms with E-state index in [0.29, 0.717) is 5.92 Å². The van der Waals surface area contributed by atoms with Crippen LogP contribution in [0.25, 0.3) is 0 Å². The van der Waals surface area contributed by atoms with Gasteiger partial charge in [-0.15, -0.1) is 0 Å². The van der Waals surface area contributed by atoms with E-state index in [1.54, 1.807) is 7.05 Å². The maximum absolute atomic E-state index is 11.2. The predicted molar refractivity (Wildman–Crippen MR) is 43.7 cm³/mol. The standard InChI is InChI=1S/C8H14N2O/c1-5-3-4-6(9)7(5)8(11)10-2/h5H,3-4,9H2,1-2H3,(H,10,11)/t5-/m1/s1. The first kappa shape index (κ1) is 8.11.